The van der Waals surface area contributed by atoms with Gasteiger partial charge in [-0.05, 0) is 23.8 Å². The van der Waals surface area contributed by atoms with Crippen molar-refractivity contribution in [2.24, 2.45) is 0 Å². The van der Waals surface area contributed by atoms with Crippen LogP contribution in [0.25, 0.3) is 0 Å². The maximum absolute atomic E-state index is 11.9. The third kappa shape index (κ3) is 3.28. The third-order valence-corrected chi connectivity index (χ3v) is 2.81. The fourth-order valence-corrected chi connectivity index (χ4v) is 1.90. The molecule has 0 atom stereocenters. The Hall–Kier alpha value is -2.43. The lowest BCUT2D eigenvalue weighted by atomic mass is 10.1. The lowest BCUT2D eigenvalue weighted by Crippen LogP contribution is -2.33. The lowest BCUT2D eigenvalue weighted by molar-refractivity contribution is -0.136. The predicted molar refractivity (Wildman–Crippen MR) is 68.9 cm³/mol. The first-order valence-electron chi connectivity index (χ1n) is 5.87. The fourth-order valence-electron chi connectivity index (χ4n) is 1.90. The van der Waals surface area contributed by atoms with E-state index in [2.05, 4.69) is 0 Å². The molecule has 1 aliphatic rings. The normalized spacial score (nSPS) is 15.5. The molecule has 2 rings (SSSR count). The van der Waals surface area contributed by atoms with E-state index in [0.717, 1.165) is 0 Å². The summed E-state index contributed by atoms with van der Waals surface area (Å²) in [4.78, 5) is 35.3. The highest BCUT2D eigenvalue weighted by Gasteiger charge is 2.19. The van der Waals surface area contributed by atoms with Gasteiger partial charge in [0.15, 0.2) is 5.78 Å². The molecule has 0 aliphatic carbocycles. The third-order valence-electron chi connectivity index (χ3n) is 2.81. The number of carbonyl (C=O) groups is 3. The second kappa shape index (κ2) is 5.48. The second-order valence-electron chi connectivity index (χ2n) is 4.29. The Kier molecular flexibility index (Phi) is 3.75. The SMILES string of the molecule is O=C(O)Cc1ccc(N2CC(=O)C=CCC2=O)cc1. The summed E-state index contributed by atoms with van der Waals surface area (Å²) in [5.74, 6) is -1.17. The molecule has 1 aromatic rings. The maximum Gasteiger partial charge on any atom is 0.307 e. The number of carbonyl (C=O) groups excluding carboxylic acids is 2. The van der Waals surface area contributed by atoms with Crippen LogP contribution in [0.1, 0.15) is 12.0 Å². The number of hydrogen-bond donors (Lipinski definition) is 1. The van der Waals surface area contributed by atoms with Crippen LogP contribution in [0.2, 0.25) is 0 Å². The summed E-state index contributed by atoms with van der Waals surface area (Å²) in [6, 6.07) is 6.63. The van der Waals surface area contributed by atoms with Gasteiger partial charge in [0, 0.05) is 12.1 Å². The van der Waals surface area contributed by atoms with Gasteiger partial charge in [0.05, 0.1) is 13.0 Å². The predicted octanol–water partition coefficient (Wildman–Crippen LogP) is 1.18. The van der Waals surface area contributed by atoms with Crippen molar-refractivity contribution in [1.29, 1.82) is 0 Å². The second-order valence-corrected chi connectivity index (χ2v) is 4.29. The molecule has 1 aliphatic heterocycles. The highest BCUT2D eigenvalue weighted by atomic mass is 16.4. The molecule has 0 spiro atoms. The molecule has 5 nitrogen and oxygen atoms in total. The number of hydrogen-bond acceptors (Lipinski definition) is 3. The number of amides is 1. The topological polar surface area (TPSA) is 74.7 Å². The van der Waals surface area contributed by atoms with Crippen LogP contribution in [0.3, 0.4) is 0 Å². The van der Waals surface area contributed by atoms with Gasteiger partial charge in [-0.2, -0.15) is 0 Å². The standard InChI is InChI=1S/C14H13NO4/c16-12-2-1-3-13(17)15(9-12)11-6-4-10(5-7-11)8-14(18)19/h1-2,4-7H,3,8-9H2,(H,18,19). The lowest BCUT2D eigenvalue weighted by Gasteiger charge is -2.20. The zero-order chi connectivity index (χ0) is 13.8. The van der Waals surface area contributed by atoms with Crippen LogP contribution in [0.4, 0.5) is 5.69 Å². The van der Waals surface area contributed by atoms with E-state index in [-0.39, 0.29) is 31.1 Å². The molecule has 0 unspecified atom stereocenters. The molecule has 5 heteroatoms. The Morgan fingerprint density at radius 1 is 1.21 bits per heavy atom. The minimum atomic E-state index is -0.905. The number of anilines is 1. The molecule has 1 amide bonds. The molecule has 1 heterocycles. The van der Waals surface area contributed by atoms with Gasteiger partial charge in [-0.25, -0.2) is 0 Å². The van der Waals surface area contributed by atoms with Crippen LogP contribution in [0, 0.1) is 0 Å². The number of carboxylic acids is 1. The molecular weight excluding hydrogens is 246 g/mol. The Morgan fingerprint density at radius 3 is 2.53 bits per heavy atom. The van der Waals surface area contributed by atoms with Gasteiger partial charge in [-0.1, -0.05) is 18.2 Å². The van der Waals surface area contributed by atoms with Crippen molar-refractivity contribution in [2.75, 3.05) is 11.4 Å². The average molecular weight is 259 g/mol. The van der Waals surface area contributed by atoms with Gasteiger partial charge in [0.1, 0.15) is 0 Å². The summed E-state index contributed by atoms with van der Waals surface area (Å²) >= 11 is 0. The summed E-state index contributed by atoms with van der Waals surface area (Å²) in [7, 11) is 0. The highest BCUT2D eigenvalue weighted by Crippen LogP contribution is 2.18. The van der Waals surface area contributed by atoms with Crippen molar-refractivity contribution in [2.45, 2.75) is 12.8 Å². The molecule has 0 aromatic heterocycles. The largest absolute Gasteiger partial charge is 0.481 e. The van der Waals surface area contributed by atoms with Crippen LogP contribution in [-0.4, -0.2) is 29.3 Å². The minimum absolute atomic E-state index is 0.0214. The van der Waals surface area contributed by atoms with Gasteiger partial charge in [0.2, 0.25) is 5.91 Å². The molecule has 19 heavy (non-hydrogen) atoms. The Balaban J connectivity index is 2.19. The van der Waals surface area contributed by atoms with E-state index in [0.29, 0.717) is 11.3 Å². The van der Waals surface area contributed by atoms with Crippen molar-refractivity contribution < 1.29 is 19.5 Å². The minimum Gasteiger partial charge on any atom is -0.481 e. The van der Waals surface area contributed by atoms with Gasteiger partial charge < -0.3 is 10.0 Å². The van der Waals surface area contributed by atoms with Crippen LogP contribution in [0.15, 0.2) is 36.4 Å². The van der Waals surface area contributed by atoms with Gasteiger partial charge in [-0.15, -0.1) is 0 Å². The first-order valence-corrected chi connectivity index (χ1v) is 5.87. The Morgan fingerprint density at radius 2 is 1.89 bits per heavy atom. The van der Waals surface area contributed by atoms with Gasteiger partial charge in [-0.3, -0.25) is 14.4 Å². The number of aliphatic carboxylic acids is 1. The Labute approximate surface area is 110 Å². The number of carboxylic acid groups (broad SMARTS) is 1. The van der Waals surface area contributed by atoms with Crippen molar-refractivity contribution in [1.82, 2.24) is 0 Å². The van der Waals surface area contributed by atoms with Crippen LogP contribution >= 0.6 is 0 Å². The number of nitrogens with zero attached hydrogens (tertiary/aromatic N) is 1. The van der Waals surface area contributed by atoms with Gasteiger partial charge in [0.25, 0.3) is 0 Å². The first kappa shape index (κ1) is 13.0. The number of benzene rings is 1. The summed E-state index contributed by atoms with van der Waals surface area (Å²) in [5, 5.41) is 8.68. The molecule has 0 saturated carbocycles. The zero-order valence-corrected chi connectivity index (χ0v) is 10.2. The van der Waals surface area contributed by atoms with E-state index in [1.165, 1.54) is 11.0 Å². The van der Waals surface area contributed by atoms with Crippen molar-refractivity contribution >= 4 is 23.3 Å². The maximum atomic E-state index is 11.9. The monoisotopic (exact) mass is 259 g/mol. The molecule has 0 radical (unpaired) electrons. The van der Waals surface area contributed by atoms with Gasteiger partial charge >= 0.3 is 5.97 Å². The smallest absolute Gasteiger partial charge is 0.307 e. The average Bonchev–Trinajstić information content (AvgIpc) is 2.52. The Bertz CT molecular complexity index is 545. The molecule has 98 valence electrons. The van der Waals surface area contributed by atoms with Crippen LogP contribution < -0.4 is 4.90 Å². The van der Waals surface area contributed by atoms with E-state index < -0.39 is 5.97 Å². The van der Waals surface area contributed by atoms with Crippen LogP contribution in [-0.2, 0) is 20.8 Å². The fraction of sp³-hybridized carbons (Fsp3) is 0.214. The van der Waals surface area contributed by atoms with E-state index in [4.69, 9.17) is 5.11 Å². The zero-order valence-electron chi connectivity index (χ0n) is 10.2. The summed E-state index contributed by atoms with van der Waals surface area (Å²) in [5.41, 5.74) is 1.26. The summed E-state index contributed by atoms with van der Waals surface area (Å²) in [6.45, 7) is 0.0214. The summed E-state index contributed by atoms with van der Waals surface area (Å²) < 4.78 is 0. The van der Waals surface area contributed by atoms with Crippen molar-refractivity contribution in [3.8, 4) is 0 Å². The highest BCUT2D eigenvalue weighted by molar-refractivity contribution is 6.05. The molecule has 0 fully saturated rings. The van der Waals surface area contributed by atoms with E-state index >= 15 is 0 Å². The molecule has 1 N–H and O–H groups in total. The quantitative estimate of drug-likeness (QED) is 0.884. The van der Waals surface area contributed by atoms with E-state index in [1.54, 1.807) is 30.3 Å². The van der Waals surface area contributed by atoms with E-state index in [9.17, 15) is 14.4 Å². The molecule has 0 saturated heterocycles. The van der Waals surface area contributed by atoms with E-state index in [1.807, 2.05) is 0 Å². The summed E-state index contributed by atoms with van der Waals surface area (Å²) in [6.07, 6.45) is 3.11. The molecule has 0 bridgehead atoms. The van der Waals surface area contributed by atoms with Crippen molar-refractivity contribution in [3.05, 3.63) is 42.0 Å². The number of rotatable bonds is 3. The molecular formula is C14H13NO4. The number of ketones is 1. The van der Waals surface area contributed by atoms with Crippen molar-refractivity contribution in [3.63, 3.8) is 0 Å². The van der Waals surface area contributed by atoms with Crippen LogP contribution in [0.5, 0.6) is 0 Å². The first-order chi connectivity index (χ1) is 9.06. The molecule has 1 aromatic carbocycles.